The number of aliphatic carboxylic acids is 1. The lowest BCUT2D eigenvalue weighted by molar-refractivity contribution is -0.146. The average molecular weight is 380 g/mol. The predicted octanol–water partition coefficient (Wildman–Crippen LogP) is 5.07. The summed E-state index contributed by atoms with van der Waals surface area (Å²) in [6.45, 7) is 5.27. The number of carboxylic acid groups (broad SMARTS) is 1. The van der Waals surface area contributed by atoms with Crippen LogP contribution in [0.1, 0.15) is 51.2 Å². The summed E-state index contributed by atoms with van der Waals surface area (Å²) in [4.78, 5) is 13.0. The Bertz CT molecular complexity index is 929. The van der Waals surface area contributed by atoms with Crippen LogP contribution in [-0.4, -0.2) is 27.6 Å². The Morgan fingerprint density at radius 1 is 1.11 bits per heavy atom. The molecule has 0 unspecified atom stereocenters. The third-order valence-electron chi connectivity index (χ3n) is 5.56. The van der Waals surface area contributed by atoms with E-state index in [1.54, 1.807) is 25.7 Å². The number of benzene rings is 2. The monoisotopic (exact) mass is 379 g/mol. The molecule has 0 amide bonds. The lowest BCUT2D eigenvalue weighted by Crippen LogP contribution is -2.38. The molecule has 1 aliphatic rings. The number of hydrogen-bond acceptors (Lipinski definition) is 3. The second-order valence-electron chi connectivity index (χ2n) is 8.56. The lowest BCUT2D eigenvalue weighted by atomic mass is 9.88. The number of carbonyl (C=O) groups is 1. The van der Waals surface area contributed by atoms with E-state index in [0.717, 1.165) is 23.3 Å². The molecular formula is C23H29N3O2. The zero-order valence-electron chi connectivity index (χ0n) is 16.9. The number of carboxylic acids is 1. The summed E-state index contributed by atoms with van der Waals surface area (Å²) in [6, 6.07) is 12.6. The van der Waals surface area contributed by atoms with Crippen molar-refractivity contribution in [3.63, 3.8) is 0 Å². The number of hydrogen-bond donors (Lipinski definition) is 3. The number of nitrogens with zero attached hydrogens (tertiary/aromatic N) is 1. The Morgan fingerprint density at radius 2 is 1.68 bits per heavy atom. The molecule has 5 heteroatoms. The number of amidine groups is 2. The first-order chi connectivity index (χ1) is 13.2. The summed E-state index contributed by atoms with van der Waals surface area (Å²) >= 11 is 0. The standard InChI is InChI=1S/C23H29N3O2/c1-15(24)26(21(25)13-23(2,3)22(27)28)14-18-11-10-17(12-16-8-9-16)19-6-4-5-7-20(18)19/h4-7,10-11,16,24-25H,8-9,12-14H2,1-3H3,(H,27,28). The molecule has 148 valence electrons. The van der Waals surface area contributed by atoms with E-state index < -0.39 is 11.4 Å². The molecule has 0 aromatic heterocycles. The summed E-state index contributed by atoms with van der Waals surface area (Å²) < 4.78 is 0. The SMILES string of the molecule is CC(=N)N(Cc1ccc(CC2CC2)c2ccccc12)C(=N)CC(C)(C)C(=O)O. The molecule has 0 radical (unpaired) electrons. The van der Waals surface area contributed by atoms with Gasteiger partial charge in [-0.3, -0.25) is 15.6 Å². The van der Waals surface area contributed by atoms with E-state index in [1.807, 2.05) is 6.07 Å². The molecule has 0 aliphatic heterocycles. The van der Waals surface area contributed by atoms with Crippen molar-refractivity contribution in [3.8, 4) is 0 Å². The minimum atomic E-state index is -1.04. The smallest absolute Gasteiger partial charge is 0.309 e. The molecule has 3 rings (SSSR count). The summed E-state index contributed by atoms with van der Waals surface area (Å²) in [5.74, 6) is 0.277. The van der Waals surface area contributed by atoms with Gasteiger partial charge in [0.05, 0.1) is 17.8 Å². The fraction of sp³-hybridized carbons (Fsp3) is 0.435. The molecule has 1 aliphatic carbocycles. The molecule has 28 heavy (non-hydrogen) atoms. The van der Waals surface area contributed by atoms with Crippen LogP contribution >= 0.6 is 0 Å². The second-order valence-corrected chi connectivity index (χ2v) is 8.56. The minimum Gasteiger partial charge on any atom is -0.481 e. The first-order valence-corrected chi connectivity index (χ1v) is 9.82. The van der Waals surface area contributed by atoms with E-state index in [0.29, 0.717) is 6.54 Å². The van der Waals surface area contributed by atoms with Gasteiger partial charge in [-0.15, -0.1) is 0 Å². The molecule has 1 fully saturated rings. The zero-order valence-corrected chi connectivity index (χ0v) is 16.9. The van der Waals surface area contributed by atoms with Crippen LogP contribution in [0, 0.1) is 22.2 Å². The summed E-state index contributed by atoms with van der Waals surface area (Å²) in [5, 5.41) is 28.4. The first-order valence-electron chi connectivity index (χ1n) is 9.82. The maximum absolute atomic E-state index is 11.4. The maximum Gasteiger partial charge on any atom is 0.309 e. The second kappa shape index (κ2) is 7.74. The van der Waals surface area contributed by atoms with E-state index in [1.165, 1.54) is 23.8 Å². The fourth-order valence-electron chi connectivity index (χ4n) is 3.55. The Labute approximate surface area is 166 Å². The Morgan fingerprint density at radius 3 is 2.21 bits per heavy atom. The molecular weight excluding hydrogens is 350 g/mol. The molecule has 0 spiro atoms. The van der Waals surface area contributed by atoms with Crippen molar-refractivity contribution in [3.05, 3.63) is 47.5 Å². The van der Waals surface area contributed by atoms with Crippen LogP contribution in [-0.2, 0) is 17.8 Å². The highest BCUT2D eigenvalue weighted by molar-refractivity contribution is 5.99. The molecule has 5 nitrogen and oxygen atoms in total. The van der Waals surface area contributed by atoms with Crippen molar-refractivity contribution >= 4 is 28.4 Å². The van der Waals surface area contributed by atoms with Crippen LogP contribution in [0.4, 0.5) is 0 Å². The highest BCUT2D eigenvalue weighted by atomic mass is 16.4. The van der Waals surface area contributed by atoms with Crippen LogP contribution < -0.4 is 0 Å². The van der Waals surface area contributed by atoms with Crippen molar-refractivity contribution in [2.45, 2.75) is 53.0 Å². The predicted molar refractivity (Wildman–Crippen MR) is 113 cm³/mol. The average Bonchev–Trinajstić information content (AvgIpc) is 3.44. The van der Waals surface area contributed by atoms with Gasteiger partial charge in [-0.2, -0.15) is 0 Å². The van der Waals surface area contributed by atoms with Crippen molar-refractivity contribution < 1.29 is 9.90 Å². The topological polar surface area (TPSA) is 88.2 Å². The van der Waals surface area contributed by atoms with E-state index in [-0.39, 0.29) is 18.1 Å². The molecule has 0 heterocycles. The number of fused-ring (bicyclic) bond motifs is 1. The van der Waals surface area contributed by atoms with Gasteiger partial charge in [0.15, 0.2) is 0 Å². The molecule has 3 N–H and O–H groups in total. The highest BCUT2D eigenvalue weighted by Gasteiger charge is 2.31. The summed E-state index contributed by atoms with van der Waals surface area (Å²) in [5.41, 5.74) is 1.38. The molecule has 2 aromatic carbocycles. The van der Waals surface area contributed by atoms with Crippen molar-refractivity contribution in [1.29, 1.82) is 10.8 Å². The Kier molecular flexibility index (Phi) is 5.54. The zero-order chi connectivity index (χ0) is 20.5. The van der Waals surface area contributed by atoms with Crippen molar-refractivity contribution in [1.82, 2.24) is 4.90 Å². The Hall–Kier alpha value is -2.69. The maximum atomic E-state index is 11.4. The number of nitrogens with one attached hydrogen (secondary N) is 2. The van der Waals surface area contributed by atoms with Gasteiger partial charge in [0, 0.05) is 6.42 Å². The van der Waals surface area contributed by atoms with Crippen LogP contribution in [0.5, 0.6) is 0 Å². The van der Waals surface area contributed by atoms with Crippen molar-refractivity contribution in [2.24, 2.45) is 11.3 Å². The summed E-state index contributed by atoms with van der Waals surface area (Å²) in [6.07, 6.45) is 3.81. The third-order valence-corrected chi connectivity index (χ3v) is 5.56. The van der Waals surface area contributed by atoms with E-state index >= 15 is 0 Å². The molecule has 1 saturated carbocycles. The third kappa shape index (κ3) is 4.41. The van der Waals surface area contributed by atoms with Gasteiger partial charge in [-0.25, -0.2) is 0 Å². The molecule has 0 atom stereocenters. The van der Waals surface area contributed by atoms with Crippen LogP contribution in [0.2, 0.25) is 0 Å². The van der Waals surface area contributed by atoms with E-state index in [2.05, 4.69) is 30.3 Å². The highest BCUT2D eigenvalue weighted by Crippen LogP contribution is 2.35. The van der Waals surface area contributed by atoms with Gasteiger partial charge in [0.2, 0.25) is 0 Å². The Balaban J connectivity index is 1.89. The number of rotatable bonds is 7. The van der Waals surface area contributed by atoms with Gasteiger partial charge in [0.25, 0.3) is 0 Å². The minimum absolute atomic E-state index is 0.0796. The van der Waals surface area contributed by atoms with Gasteiger partial charge in [-0.05, 0) is 67.9 Å². The lowest BCUT2D eigenvalue weighted by Gasteiger charge is -2.29. The molecule has 0 saturated heterocycles. The molecule has 2 aromatic rings. The largest absolute Gasteiger partial charge is 0.481 e. The van der Waals surface area contributed by atoms with E-state index in [4.69, 9.17) is 10.8 Å². The first kappa shape index (κ1) is 20.1. The van der Waals surface area contributed by atoms with Gasteiger partial charge >= 0.3 is 5.97 Å². The summed E-state index contributed by atoms with van der Waals surface area (Å²) in [7, 11) is 0. The molecule has 0 bridgehead atoms. The van der Waals surface area contributed by atoms with Crippen LogP contribution in [0.25, 0.3) is 10.8 Å². The van der Waals surface area contributed by atoms with Crippen LogP contribution in [0.3, 0.4) is 0 Å². The fourth-order valence-corrected chi connectivity index (χ4v) is 3.55. The van der Waals surface area contributed by atoms with Crippen LogP contribution in [0.15, 0.2) is 36.4 Å². The van der Waals surface area contributed by atoms with Gasteiger partial charge < -0.3 is 10.0 Å². The van der Waals surface area contributed by atoms with Crippen molar-refractivity contribution in [2.75, 3.05) is 0 Å². The quantitative estimate of drug-likeness (QED) is 0.463. The van der Waals surface area contributed by atoms with E-state index in [9.17, 15) is 9.90 Å². The normalized spacial score (nSPS) is 14.1. The van der Waals surface area contributed by atoms with Gasteiger partial charge in [-0.1, -0.05) is 36.4 Å². The van der Waals surface area contributed by atoms with Gasteiger partial charge in [0.1, 0.15) is 5.84 Å².